The lowest BCUT2D eigenvalue weighted by Gasteiger charge is -2.34. The molecule has 2 aliphatic rings. The highest BCUT2D eigenvalue weighted by molar-refractivity contribution is 6.01. The highest BCUT2D eigenvalue weighted by Crippen LogP contribution is 2.37. The number of anilines is 1. The summed E-state index contributed by atoms with van der Waals surface area (Å²) in [7, 11) is 0. The maximum absolute atomic E-state index is 6.06. The zero-order chi connectivity index (χ0) is 23.8. The highest BCUT2D eigenvalue weighted by Gasteiger charge is 2.26. The molecular weight excluding hydrogens is 442 g/mol. The Labute approximate surface area is 204 Å². The fourth-order valence-corrected chi connectivity index (χ4v) is 5.21. The molecule has 0 amide bonds. The molecule has 4 aromatic heterocycles. The third-order valence-electron chi connectivity index (χ3n) is 7.01. The van der Waals surface area contributed by atoms with Gasteiger partial charge in [-0.25, -0.2) is 9.67 Å². The summed E-state index contributed by atoms with van der Waals surface area (Å²) >= 11 is 0. The van der Waals surface area contributed by atoms with E-state index in [2.05, 4.69) is 47.1 Å². The summed E-state index contributed by atoms with van der Waals surface area (Å²) in [6, 6.07) is 8.57. The Morgan fingerprint density at radius 1 is 1.03 bits per heavy atom. The molecular formula is C26H31N7O2. The fraction of sp³-hybridized carbons (Fsp3) is 0.462. The molecule has 0 radical (unpaired) electrons. The van der Waals surface area contributed by atoms with Crippen LogP contribution in [0, 0.1) is 0 Å². The number of pyridine rings is 2. The van der Waals surface area contributed by atoms with Gasteiger partial charge in [-0.2, -0.15) is 10.2 Å². The van der Waals surface area contributed by atoms with Gasteiger partial charge < -0.3 is 14.4 Å². The molecule has 182 valence electrons. The van der Waals surface area contributed by atoms with Crippen molar-refractivity contribution in [1.82, 2.24) is 29.5 Å². The van der Waals surface area contributed by atoms with E-state index in [1.54, 1.807) is 0 Å². The Hall–Kier alpha value is -3.30. The molecule has 0 N–H and O–H groups in total. The van der Waals surface area contributed by atoms with E-state index in [-0.39, 0.29) is 12.3 Å². The van der Waals surface area contributed by atoms with Crippen molar-refractivity contribution in [3.63, 3.8) is 0 Å². The van der Waals surface area contributed by atoms with Gasteiger partial charge in [0, 0.05) is 49.2 Å². The van der Waals surface area contributed by atoms with Crippen LogP contribution >= 0.6 is 0 Å². The highest BCUT2D eigenvalue weighted by atomic mass is 16.5. The zero-order valence-electron chi connectivity index (χ0n) is 20.3. The number of morpholine rings is 1. The van der Waals surface area contributed by atoms with Crippen LogP contribution in [-0.2, 0) is 16.0 Å². The van der Waals surface area contributed by atoms with Gasteiger partial charge in [-0.3, -0.25) is 9.67 Å². The molecule has 0 spiro atoms. The van der Waals surface area contributed by atoms with Crippen molar-refractivity contribution in [3.8, 4) is 22.6 Å². The Bertz CT molecular complexity index is 1320. The summed E-state index contributed by atoms with van der Waals surface area (Å²) in [5.74, 6) is 0.932. The molecule has 0 aliphatic carbocycles. The molecule has 9 heteroatoms. The number of fused-ring (bicyclic) bond motifs is 1. The van der Waals surface area contributed by atoms with Crippen LogP contribution in [0.25, 0.3) is 33.5 Å². The summed E-state index contributed by atoms with van der Waals surface area (Å²) in [4.78, 5) is 12.4. The summed E-state index contributed by atoms with van der Waals surface area (Å²) in [6.07, 6.45) is 8.66. The lowest BCUT2D eigenvalue weighted by molar-refractivity contribution is -0.0383. The molecule has 6 rings (SSSR count). The van der Waals surface area contributed by atoms with Crippen LogP contribution in [0.2, 0.25) is 0 Å². The van der Waals surface area contributed by atoms with Gasteiger partial charge in [-0.1, -0.05) is 0 Å². The van der Waals surface area contributed by atoms with Crippen molar-refractivity contribution >= 4 is 16.7 Å². The molecule has 1 unspecified atom stereocenters. The number of hydrogen-bond acceptors (Lipinski definition) is 7. The molecule has 4 aromatic rings. The second kappa shape index (κ2) is 9.39. The number of aromatic nitrogens is 6. The molecule has 2 aliphatic heterocycles. The zero-order valence-corrected chi connectivity index (χ0v) is 20.3. The number of aryl methyl sites for hydroxylation is 1. The van der Waals surface area contributed by atoms with E-state index in [1.807, 2.05) is 34.0 Å². The first-order valence-electron chi connectivity index (χ1n) is 12.6. The molecule has 2 atom stereocenters. The largest absolute Gasteiger partial charge is 0.377 e. The van der Waals surface area contributed by atoms with Gasteiger partial charge in [0.1, 0.15) is 17.0 Å². The number of ether oxygens (including phenoxy) is 2. The minimum atomic E-state index is -0.0748. The number of rotatable bonds is 5. The Morgan fingerprint density at radius 2 is 1.91 bits per heavy atom. The topological polar surface area (TPSA) is 83.1 Å². The van der Waals surface area contributed by atoms with Gasteiger partial charge in [-0.05, 0) is 57.4 Å². The first-order chi connectivity index (χ1) is 17.2. The van der Waals surface area contributed by atoms with Gasteiger partial charge >= 0.3 is 0 Å². The summed E-state index contributed by atoms with van der Waals surface area (Å²) < 4.78 is 15.8. The van der Waals surface area contributed by atoms with Crippen LogP contribution < -0.4 is 4.90 Å². The normalized spacial score (nSPS) is 21.0. The second-order valence-corrected chi connectivity index (χ2v) is 9.22. The van der Waals surface area contributed by atoms with Crippen LogP contribution in [-0.4, -0.2) is 61.9 Å². The summed E-state index contributed by atoms with van der Waals surface area (Å²) in [6.45, 7) is 8.02. The molecule has 2 fully saturated rings. The SMILES string of the molecule is CCn1nccc1-c1cc(N2CCOC[C@H]2C)nc2c(-c3ccnn3C3CCCCO3)nccc12. The molecule has 9 nitrogen and oxygen atoms in total. The van der Waals surface area contributed by atoms with Gasteiger partial charge in [-0.15, -0.1) is 0 Å². The molecule has 0 bridgehead atoms. The minimum absolute atomic E-state index is 0.0748. The molecule has 2 saturated heterocycles. The van der Waals surface area contributed by atoms with Gasteiger partial charge in [0.2, 0.25) is 0 Å². The quantitative estimate of drug-likeness (QED) is 0.427. The van der Waals surface area contributed by atoms with Crippen LogP contribution in [0.5, 0.6) is 0 Å². The number of hydrogen-bond donors (Lipinski definition) is 0. The van der Waals surface area contributed by atoms with Crippen molar-refractivity contribution in [3.05, 3.63) is 42.9 Å². The van der Waals surface area contributed by atoms with Gasteiger partial charge in [0.05, 0.1) is 30.6 Å². The smallest absolute Gasteiger partial charge is 0.150 e. The van der Waals surface area contributed by atoms with E-state index in [0.29, 0.717) is 13.2 Å². The van der Waals surface area contributed by atoms with E-state index in [9.17, 15) is 0 Å². The Balaban J connectivity index is 1.57. The van der Waals surface area contributed by atoms with Gasteiger partial charge in [0.15, 0.2) is 6.23 Å². The first-order valence-corrected chi connectivity index (χ1v) is 12.6. The van der Waals surface area contributed by atoms with Crippen molar-refractivity contribution in [2.45, 2.75) is 51.9 Å². The average Bonchev–Trinajstić information content (AvgIpc) is 3.58. The van der Waals surface area contributed by atoms with E-state index >= 15 is 0 Å². The summed E-state index contributed by atoms with van der Waals surface area (Å²) in [5, 5.41) is 10.2. The molecule has 0 aromatic carbocycles. The molecule has 0 saturated carbocycles. The van der Waals surface area contributed by atoms with E-state index in [1.165, 1.54) is 0 Å². The first kappa shape index (κ1) is 22.2. The third-order valence-corrected chi connectivity index (χ3v) is 7.01. The van der Waals surface area contributed by atoms with E-state index in [4.69, 9.17) is 19.4 Å². The van der Waals surface area contributed by atoms with Crippen molar-refractivity contribution in [1.29, 1.82) is 0 Å². The van der Waals surface area contributed by atoms with Crippen molar-refractivity contribution in [2.24, 2.45) is 0 Å². The summed E-state index contributed by atoms with van der Waals surface area (Å²) in [5.41, 5.74) is 4.79. The minimum Gasteiger partial charge on any atom is -0.377 e. The standard InChI is InChI=1S/C26H31N7O2/c1-3-32-21(8-11-28-32)20-16-23(31-13-15-34-17-18(31)2)30-25-19(20)7-10-27-26(25)22-9-12-29-33(22)24-6-4-5-14-35-24/h7-12,16,18,24H,3-6,13-15,17H2,1-2H3/t18-,24?/m1/s1. The lowest BCUT2D eigenvalue weighted by atomic mass is 10.0. The van der Waals surface area contributed by atoms with E-state index < -0.39 is 0 Å². The van der Waals surface area contributed by atoms with Crippen LogP contribution in [0.15, 0.2) is 42.9 Å². The predicted molar refractivity (Wildman–Crippen MR) is 134 cm³/mol. The predicted octanol–water partition coefficient (Wildman–Crippen LogP) is 4.30. The Morgan fingerprint density at radius 3 is 2.74 bits per heavy atom. The van der Waals surface area contributed by atoms with Crippen molar-refractivity contribution in [2.75, 3.05) is 31.3 Å². The van der Waals surface area contributed by atoms with Crippen LogP contribution in [0.3, 0.4) is 0 Å². The lowest BCUT2D eigenvalue weighted by Crippen LogP contribution is -2.44. The number of nitrogens with zero attached hydrogens (tertiary/aromatic N) is 7. The fourth-order valence-electron chi connectivity index (χ4n) is 5.21. The maximum atomic E-state index is 6.06. The molecule has 35 heavy (non-hydrogen) atoms. The third kappa shape index (κ3) is 3.98. The van der Waals surface area contributed by atoms with Crippen molar-refractivity contribution < 1.29 is 9.47 Å². The van der Waals surface area contributed by atoms with Crippen LogP contribution in [0.4, 0.5) is 5.82 Å². The Kier molecular flexibility index (Phi) is 5.95. The van der Waals surface area contributed by atoms with E-state index in [0.717, 1.165) is 78.3 Å². The monoisotopic (exact) mass is 473 g/mol. The average molecular weight is 474 g/mol. The maximum Gasteiger partial charge on any atom is 0.150 e. The van der Waals surface area contributed by atoms with Crippen LogP contribution in [0.1, 0.15) is 39.3 Å². The second-order valence-electron chi connectivity index (χ2n) is 9.22. The van der Waals surface area contributed by atoms with Gasteiger partial charge in [0.25, 0.3) is 0 Å². The molecule has 6 heterocycles.